The summed E-state index contributed by atoms with van der Waals surface area (Å²) in [6.45, 7) is 6.54. The molecule has 17 heavy (non-hydrogen) atoms. The maximum Gasteiger partial charge on any atom is 0.0613 e. The lowest BCUT2D eigenvalue weighted by atomic mass is 10.00. The summed E-state index contributed by atoms with van der Waals surface area (Å²) in [5.74, 6) is 0.742. The van der Waals surface area contributed by atoms with E-state index in [1.165, 1.54) is 32.1 Å². The largest absolute Gasteiger partial charge is 0.378 e. The monoisotopic (exact) mass is 240 g/mol. The first-order valence-electron chi connectivity index (χ1n) is 7.46. The Morgan fingerprint density at radius 1 is 1.12 bits per heavy atom. The molecule has 0 aromatic heterocycles. The third-order valence-electron chi connectivity index (χ3n) is 4.25. The molecular formula is C14H28N2O. The van der Waals surface area contributed by atoms with Crippen molar-refractivity contribution in [2.75, 3.05) is 26.2 Å². The van der Waals surface area contributed by atoms with Crippen LogP contribution in [0, 0.1) is 5.92 Å². The molecule has 1 saturated heterocycles. The van der Waals surface area contributed by atoms with Gasteiger partial charge in [0.1, 0.15) is 0 Å². The summed E-state index contributed by atoms with van der Waals surface area (Å²) in [7, 11) is 0. The van der Waals surface area contributed by atoms with E-state index >= 15 is 0 Å². The fraction of sp³-hybridized carbons (Fsp3) is 1.00. The average Bonchev–Trinajstić information content (AvgIpc) is 2.98. The van der Waals surface area contributed by atoms with Crippen molar-refractivity contribution in [2.45, 2.75) is 57.6 Å². The SMILES string of the molecule is CCC1OCCC1CNCCNC1CCCC1. The van der Waals surface area contributed by atoms with E-state index in [9.17, 15) is 0 Å². The summed E-state index contributed by atoms with van der Waals surface area (Å²) >= 11 is 0. The molecule has 2 unspecified atom stereocenters. The van der Waals surface area contributed by atoms with Crippen LogP contribution in [-0.4, -0.2) is 38.4 Å². The Balaban J connectivity index is 1.48. The highest BCUT2D eigenvalue weighted by atomic mass is 16.5. The zero-order valence-corrected chi connectivity index (χ0v) is 11.2. The molecule has 3 nitrogen and oxygen atoms in total. The van der Waals surface area contributed by atoms with Gasteiger partial charge in [-0.1, -0.05) is 19.8 Å². The molecule has 0 amide bonds. The highest BCUT2D eigenvalue weighted by Crippen LogP contribution is 2.22. The van der Waals surface area contributed by atoms with Crippen molar-refractivity contribution in [3.8, 4) is 0 Å². The molecule has 1 saturated carbocycles. The fourth-order valence-corrected chi connectivity index (χ4v) is 3.16. The molecule has 2 N–H and O–H groups in total. The number of rotatable bonds is 7. The minimum atomic E-state index is 0.505. The van der Waals surface area contributed by atoms with Gasteiger partial charge in [0.2, 0.25) is 0 Å². The summed E-state index contributed by atoms with van der Waals surface area (Å²) in [5.41, 5.74) is 0. The number of nitrogens with one attached hydrogen (secondary N) is 2. The van der Waals surface area contributed by atoms with Gasteiger partial charge in [0.15, 0.2) is 0 Å². The maximum atomic E-state index is 5.70. The molecule has 2 rings (SSSR count). The second-order valence-corrected chi connectivity index (χ2v) is 5.51. The molecule has 2 atom stereocenters. The van der Waals surface area contributed by atoms with Gasteiger partial charge in [-0.2, -0.15) is 0 Å². The highest BCUT2D eigenvalue weighted by Gasteiger charge is 2.25. The van der Waals surface area contributed by atoms with Crippen molar-refractivity contribution in [3.05, 3.63) is 0 Å². The molecule has 2 aliphatic rings. The van der Waals surface area contributed by atoms with Gasteiger partial charge < -0.3 is 15.4 Å². The standard InChI is InChI=1S/C14H28N2O/c1-2-14-12(7-10-17-14)11-15-8-9-16-13-5-3-4-6-13/h12-16H,2-11H2,1H3. The van der Waals surface area contributed by atoms with Crippen LogP contribution in [0.5, 0.6) is 0 Å². The van der Waals surface area contributed by atoms with Crippen molar-refractivity contribution in [1.29, 1.82) is 0 Å². The second-order valence-electron chi connectivity index (χ2n) is 5.51. The lowest BCUT2D eigenvalue weighted by Crippen LogP contribution is -2.36. The fourth-order valence-electron chi connectivity index (χ4n) is 3.16. The predicted octanol–water partition coefficient (Wildman–Crippen LogP) is 1.92. The van der Waals surface area contributed by atoms with Crippen LogP contribution in [0.15, 0.2) is 0 Å². The molecule has 0 spiro atoms. The van der Waals surface area contributed by atoms with E-state index in [2.05, 4.69) is 17.6 Å². The van der Waals surface area contributed by atoms with E-state index in [0.717, 1.165) is 44.6 Å². The first kappa shape index (κ1) is 13.3. The Morgan fingerprint density at radius 3 is 2.71 bits per heavy atom. The molecule has 1 aliphatic carbocycles. The van der Waals surface area contributed by atoms with Crippen LogP contribution in [0.2, 0.25) is 0 Å². The van der Waals surface area contributed by atoms with Gasteiger partial charge in [0, 0.05) is 32.3 Å². The van der Waals surface area contributed by atoms with E-state index in [-0.39, 0.29) is 0 Å². The topological polar surface area (TPSA) is 33.3 Å². The molecule has 1 heterocycles. The zero-order valence-electron chi connectivity index (χ0n) is 11.2. The minimum Gasteiger partial charge on any atom is -0.378 e. The predicted molar refractivity (Wildman–Crippen MR) is 71.3 cm³/mol. The molecule has 2 fully saturated rings. The zero-order chi connectivity index (χ0) is 11.9. The number of hydrogen-bond donors (Lipinski definition) is 2. The lowest BCUT2D eigenvalue weighted by Gasteiger charge is -2.18. The van der Waals surface area contributed by atoms with Gasteiger partial charge in [0.05, 0.1) is 6.10 Å². The number of ether oxygens (including phenoxy) is 1. The van der Waals surface area contributed by atoms with Crippen LogP contribution in [0.3, 0.4) is 0 Å². The molecule has 100 valence electrons. The van der Waals surface area contributed by atoms with Crippen molar-refractivity contribution >= 4 is 0 Å². The lowest BCUT2D eigenvalue weighted by molar-refractivity contribution is 0.0873. The van der Waals surface area contributed by atoms with Gasteiger partial charge in [-0.3, -0.25) is 0 Å². The van der Waals surface area contributed by atoms with Crippen LogP contribution in [0.4, 0.5) is 0 Å². The van der Waals surface area contributed by atoms with E-state index in [4.69, 9.17) is 4.74 Å². The summed E-state index contributed by atoms with van der Waals surface area (Å²) < 4.78 is 5.70. The number of hydrogen-bond acceptors (Lipinski definition) is 3. The van der Waals surface area contributed by atoms with Gasteiger partial charge in [0.25, 0.3) is 0 Å². The summed E-state index contributed by atoms with van der Waals surface area (Å²) in [6, 6.07) is 0.801. The van der Waals surface area contributed by atoms with Gasteiger partial charge in [-0.05, 0) is 31.6 Å². The minimum absolute atomic E-state index is 0.505. The molecule has 0 aromatic rings. The second kappa shape index (κ2) is 7.34. The van der Waals surface area contributed by atoms with Crippen molar-refractivity contribution in [1.82, 2.24) is 10.6 Å². The van der Waals surface area contributed by atoms with E-state index in [1.807, 2.05) is 0 Å². The maximum absolute atomic E-state index is 5.70. The first-order valence-corrected chi connectivity index (χ1v) is 7.46. The van der Waals surface area contributed by atoms with Gasteiger partial charge in [-0.15, -0.1) is 0 Å². The summed E-state index contributed by atoms with van der Waals surface area (Å²) in [6.07, 6.45) is 8.51. The van der Waals surface area contributed by atoms with Crippen molar-refractivity contribution < 1.29 is 4.74 Å². The van der Waals surface area contributed by atoms with Crippen LogP contribution in [-0.2, 0) is 4.74 Å². The van der Waals surface area contributed by atoms with Gasteiger partial charge in [-0.25, -0.2) is 0 Å². The highest BCUT2D eigenvalue weighted by molar-refractivity contribution is 4.78. The van der Waals surface area contributed by atoms with Crippen LogP contribution in [0.1, 0.15) is 45.4 Å². The quantitative estimate of drug-likeness (QED) is 0.667. The van der Waals surface area contributed by atoms with E-state index < -0.39 is 0 Å². The van der Waals surface area contributed by atoms with E-state index in [0.29, 0.717) is 6.10 Å². The molecule has 1 aliphatic heterocycles. The van der Waals surface area contributed by atoms with Crippen molar-refractivity contribution in [3.63, 3.8) is 0 Å². The first-order chi connectivity index (χ1) is 8.40. The summed E-state index contributed by atoms with van der Waals surface area (Å²) in [5, 5.41) is 7.21. The normalized spacial score (nSPS) is 30.2. The average molecular weight is 240 g/mol. The third-order valence-corrected chi connectivity index (χ3v) is 4.25. The Hall–Kier alpha value is -0.120. The van der Waals surface area contributed by atoms with Crippen molar-refractivity contribution in [2.24, 2.45) is 5.92 Å². The van der Waals surface area contributed by atoms with Crippen LogP contribution < -0.4 is 10.6 Å². The Kier molecular flexibility index (Phi) is 5.75. The molecule has 0 aromatic carbocycles. The molecule has 0 radical (unpaired) electrons. The Bertz CT molecular complexity index is 204. The molecular weight excluding hydrogens is 212 g/mol. The smallest absolute Gasteiger partial charge is 0.0613 e. The molecule has 0 bridgehead atoms. The van der Waals surface area contributed by atoms with Gasteiger partial charge >= 0.3 is 0 Å². The summed E-state index contributed by atoms with van der Waals surface area (Å²) in [4.78, 5) is 0. The van der Waals surface area contributed by atoms with Crippen LogP contribution >= 0.6 is 0 Å². The van der Waals surface area contributed by atoms with E-state index in [1.54, 1.807) is 0 Å². The molecule has 3 heteroatoms. The third kappa shape index (κ3) is 4.23. The Morgan fingerprint density at radius 2 is 1.94 bits per heavy atom. The Labute approximate surface area is 106 Å². The van der Waals surface area contributed by atoms with Crippen LogP contribution in [0.25, 0.3) is 0 Å².